The fourth-order valence-electron chi connectivity index (χ4n) is 6.48. The number of hydrogen-bond donors (Lipinski definition) is 0. The maximum absolute atomic E-state index is 6.71. The van der Waals surface area contributed by atoms with Gasteiger partial charge in [0.15, 0.2) is 6.29 Å². The van der Waals surface area contributed by atoms with E-state index in [9.17, 15) is 0 Å². The molecule has 0 N–H and O–H groups in total. The van der Waals surface area contributed by atoms with Crippen LogP contribution in [-0.4, -0.2) is 63.4 Å². The zero-order valence-electron chi connectivity index (χ0n) is 23.6. The average Bonchev–Trinajstić information content (AvgIpc) is 3.34. The molecule has 2 aromatic carbocycles. The van der Waals surface area contributed by atoms with E-state index in [-0.39, 0.29) is 18.5 Å². The SMILES string of the molecule is COC=CC[C@@H]1[C@@H](N2CCCCC2)[C@H](OC2CCCCO2)C[C@@H]1OCc1ccc(-c2ccc(OC)cc2)cc1. The first-order valence-electron chi connectivity index (χ1n) is 14.8. The summed E-state index contributed by atoms with van der Waals surface area (Å²) in [6, 6.07) is 17.2. The van der Waals surface area contributed by atoms with Crippen molar-refractivity contribution in [2.75, 3.05) is 33.9 Å². The maximum atomic E-state index is 6.71. The molecule has 6 nitrogen and oxygen atoms in total. The van der Waals surface area contributed by atoms with Crippen LogP contribution in [-0.2, 0) is 25.6 Å². The second-order valence-electron chi connectivity index (χ2n) is 11.1. The van der Waals surface area contributed by atoms with E-state index < -0.39 is 0 Å². The van der Waals surface area contributed by atoms with E-state index in [4.69, 9.17) is 23.7 Å². The summed E-state index contributed by atoms with van der Waals surface area (Å²) in [5, 5.41) is 0. The Kier molecular flexibility index (Phi) is 10.3. The summed E-state index contributed by atoms with van der Waals surface area (Å²) in [5.74, 6) is 1.22. The van der Waals surface area contributed by atoms with Gasteiger partial charge in [-0.2, -0.15) is 0 Å². The van der Waals surface area contributed by atoms with Crippen molar-refractivity contribution in [3.8, 4) is 16.9 Å². The van der Waals surface area contributed by atoms with Crippen LogP contribution >= 0.6 is 0 Å². The molecule has 2 heterocycles. The lowest BCUT2D eigenvalue weighted by atomic mass is 9.93. The normalized spacial score (nSPS) is 28.1. The fraction of sp³-hybridized carbons (Fsp3) is 0.576. The molecule has 3 aliphatic rings. The van der Waals surface area contributed by atoms with Crippen molar-refractivity contribution in [2.24, 2.45) is 5.92 Å². The van der Waals surface area contributed by atoms with Crippen molar-refractivity contribution < 1.29 is 23.7 Å². The topological polar surface area (TPSA) is 49.4 Å². The van der Waals surface area contributed by atoms with Crippen molar-refractivity contribution in [1.82, 2.24) is 4.90 Å². The van der Waals surface area contributed by atoms with E-state index in [1.54, 1.807) is 20.5 Å². The minimum absolute atomic E-state index is 0.0875. The third-order valence-electron chi connectivity index (χ3n) is 8.52. The van der Waals surface area contributed by atoms with Gasteiger partial charge in [0.05, 0.1) is 39.3 Å². The summed E-state index contributed by atoms with van der Waals surface area (Å²) < 4.78 is 30.0. The van der Waals surface area contributed by atoms with Gasteiger partial charge in [-0.05, 0) is 86.5 Å². The Morgan fingerprint density at radius 3 is 2.28 bits per heavy atom. The highest BCUT2D eigenvalue weighted by atomic mass is 16.7. The summed E-state index contributed by atoms with van der Waals surface area (Å²) in [6.07, 6.45) is 13.1. The van der Waals surface area contributed by atoms with Crippen molar-refractivity contribution >= 4 is 0 Å². The Hall–Kier alpha value is -2.38. The number of allylic oxidation sites excluding steroid dienone is 1. The molecular weight excluding hydrogens is 490 g/mol. The van der Waals surface area contributed by atoms with Crippen LogP contribution < -0.4 is 4.74 Å². The second kappa shape index (κ2) is 14.3. The standard InChI is InChI=1S/C33H45NO5/c1-35-21-8-9-29-30(38-24-25-11-13-26(14-12-25)27-15-17-28(36-2)18-16-27)23-31(39-32-10-4-7-22-37-32)33(29)34-19-5-3-6-20-34/h8,11-18,21,29-33H,3-7,9-10,19-20,22-24H2,1-2H3/t29-,30-,31+,32?,33+/m0/s1. The molecule has 5 atom stereocenters. The summed E-state index contributed by atoms with van der Waals surface area (Å²) in [4.78, 5) is 2.68. The third-order valence-corrected chi connectivity index (χ3v) is 8.52. The molecule has 1 saturated carbocycles. The minimum atomic E-state index is -0.0875. The molecule has 2 aliphatic heterocycles. The van der Waals surface area contributed by atoms with Gasteiger partial charge in [0.2, 0.25) is 0 Å². The van der Waals surface area contributed by atoms with E-state index in [0.717, 1.165) is 51.1 Å². The molecular formula is C33H45NO5. The minimum Gasteiger partial charge on any atom is -0.505 e. The van der Waals surface area contributed by atoms with Crippen LogP contribution in [0.15, 0.2) is 60.9 Å². The molecule has 3 fully saturated rings. The van der Waals surface area contributed by atoms with E-state index in [1.807, 2.05) is 12.1 Å². The molecule has 0 bridgehead atoms. The molecule has 39 heavy (non-hydrogen) atoms. The van der Waals surface area contributed by atoms with E-state index in [0.29, 0.717) is 18.6 Å². The third kappa shape index (κ3) is 7.43. The number of methoxy groups -OCH3 is 2. The number of ether oxygens (including phenoxy) is 5. The van der Waals surface area contributed by atoms with Gasteiger partial charge < -0.3 is 23.7 Å². The predicted octanol–water partition coefficient (Wildman–Crippen LogP) is 6.58. The lowest BCUT2D eigenvalue weighted by Gasteiger charge is -2.40. The molecule has 0 spiro atoms. The molecule has 0 radical (unpaired) electrons. The Balaban J connectivity index is 1.28. The summed E-state index contributed by atoms with van der Waals surface area (Å²) in [7, 11) is 3.41. The second-order valence-corrected chi connectivity index (χ2v) is 11.1. The smallest absolute Gasteiger partial charge is 0.158 e. The first-order chi connectivity index (χ1) is 19.2. The highest BCUT2D eigenvalue weighted by molar-refractivity contribution is 5.64. The molecule has 0 aromatic heterocycles. The summed E-state index contributed by atoms with van der Waals surface area (Å²) in [5.41, 5.74) is 3.56. The molecule has 5 rings (SSSR count). The predicted molar refractivity (Wildman–Crippen MR) is 154 cm³/mol. The lowest BCUT2D eigenvalue weighted by molar-refractivity contribution is -0.198. The number of rotatable bonds is 11. The van der Waals surface area contributed by atoms with Crippen LogP contribution in [0.2, 0.25) is 0 Å². The number of piperidine rings is 1. The summed E-state index contributed by atoms with van der Waals surface area (Å²) in [6.45, 7) is 3.68. The number of likely N-dealkylation sites (tertiary alicyclic amines) is 1. The summed E-state index contributed by atoms with van der Waals surface area (Å²) >= 11 is 0. The average molecular weight is 536 g/mol. The molecule has 6 heteroatoms. The van der Waals surface area contributed by atoms with Gasteiger partial charge in [0, 0.05) is 25.0 Å². The quantitative estimate of drug-likeness (QED) is 0.303. The first-order valence-corrected chi connectivity index (χ1v) is 14.8. The van der Waals surface area contributed by atoms with Crippen molar-refractivity contribution in [3.63, 3.8) is 0 Å². The van der Waals surface area contributed by atoms with Gasteiger partial charge in [-0.15, -0.1) is 0 Å². The lowest BCUT2D eigenvalue weighted by Crippen LogP contribution is -2.49. The Bertz CT molecular complexity index is 1010. The van der Waals surface area contributed by atoms with Crippen LogP contribution in [0.4, 0.5) is 0 Å². The number of nitrogens with zero attached hydrogens (tertiary/aromatic N) is 1. The van der Waals surface area contributed by atoms with Crippen molar-refractivity contribution in [3.05, 3.63) is 66.4 Å². The first kappa shape index (κ1) is 28.2. The zero-order chi connectivity index (χ0) is 26.9. The number of benzene rings is 2. The Morgan fingerprint density at radius 1 is 0.872 bits per heavy atom. The van der Waals surface area contributed by atoms with Crippen LogP contribution in [0.1, 0.15) is 56.9 Å². The molecule has 2 aromatic rings. The van der Waals surface area contributed by atoms with Crippen molar-refractivity contribution in [1.29, 1.82) is 0 Å². The fourth-order valence-corrected chi connectivity index (χ4v) is 6.48. The molecule has 1 aliphatic carbocycles. The maximum Gasteiger partial charge on any atom is 0.158 e. The van der Waals surface area contributed by atoms with Crippen molar-refractivity contribution in [2.45, 2.75) is 82.5 Å². The highest BCUT2D eigenvalue weighted by Crippen LogP contribution is 2.40. The van der Waals surface area contributed by atoms with Gasteiger partial charge in [-0.1, -0.05) is 42.8 Å². The Morgan fingerprint density at radius 2 is 1.62 bits per heavy atom. The van der Waals surface area contributed by atoms with Crippen LogP contribution in [0, 0.1) is 5.92 Å². The van der Waals surface area contributed by atoms with Crippen LogP contribution in [0.25, 0.3) is 11.1 Å². The molecule has 2 saturated heterocycles. The van der Waals surface area contributed by atoms with E-state index in [2.05, 4.69) is 47.4 Å². The van der Waals surface area contributed by atoms with E-state index >= 15 is 0 Å². The monoisotopic (exact) mass is 535 g/mol. The van der Waals surface area contributed by atoms with Crippen LogP contribution in [0.5, 0.6) is 5.75 Å². The van der Waals surface area contributed by atoms with Gasteiger partial charge in [-0.3, -0.25) is 4.90 Å². The van der Waals surface area contributed by atoms with Gasteiger partial charge in [0.1, 0.15) is 5.75 Å². The van der Waals surface area contributed by atoms with E-state index in [1.165, 1.54) is 42.4 Å². The van der Waals surface area contributed by atoms with Crippen LogP contribution in [0.3, 0.4) is 0 Å². The van der Waals surface area contributed by atoms with Gasteiger partial charge >= 0.3 is 0 Å². The van der Waals surface area contributed by atoms with Gasteiger partial charge in [-0.25, -0.2) is 0 Å². The molecule has 212 valence electrons. The number of hydrogen-bond acceptors (Lipinski definition) is 6. The molecule has 0 amide bonds. The Labute approximate surface area is 234 Å². The zero-order valence-corrected chi connectivity index (χ0v) is 23.6. The molecule has 1 unspecified atom stereocenters. The highest BCUT2D eigenvalue weighted by Gasteiger charge is 2.48. The largest absolute Gasteiger partial charge is 0.505 e. The van der Waals surface area contributed by atoms with Gasteiger partial charge in [0.25, 0.3) is 0 Å².